The molecule has 0 saturated heterocycles. The molecule has 0 saturated carbocycles. The van der Waals surface area contributed by atoms with Crippen molar-refractivity contribution in [3.05, 3.63) is 48.0 Å². The zero-order valence-corrected chi connectivity index (χ0v) is 9.65. The third-order valence-electron chi connectivity index (χ3n) is 2.53. The predicted molar refractivity (Wildman–Crippen MR) is 66.9 cm³/mol. The van der Waals surface area contributed by atoms with Crippen molar-refractivity contribution in [2.24, 2.45) is 0 Å². The summed E-state index contributed by atoms with van der Waals surface area (Å²) >= 11 is 0. The van der Waals surface area contributed by atoms with Crippen LogP contribution in [-0.4, -0.2) is 9.97 Å². The van der Waals surface area contributed by atoms with Crippen molar-refractivity contribution in [3.63, 3.8) is 0 Å². The molecule has 0 aliphatic heterocycles. The van der Waals surface area contributed by atoms with Gasteiger partial charge in [0.25, 0.3) is 6.01 Å². The van der Waals surface area contributed by atoms with Crippen LogP contribution in [0, 0.1) is 11.6 Å². The molecule has 19 heavy (non-hydrogen) atoms. The van der Waals surface area contributed by atoms with Crippen LogP contribution in [-0.2, 0) is 0 Å². The van der Waals surface area contributed by atoms with E-state index in [2.05, 4.69) is 9.97 Å². The third kappa shape index (κ3) is 2.33. The number of rotatable bonds is 2. The van der Waals surface area contributed by atoms with Crippen LogP contribution in [0.15, 0.2) is 36.4 Å². The van der Waals surface area contributed by atoms with Gasteiger partial charge in [0.1, 0.15) is 17.4 Å². The van der Waals surface area contributed by atoms with E-state index in [-0.39, 0.29) is 11.8 Å². The molecule has 0 unspecified atom stereocenters. The lowest BCUT2D eigenvalue weighted by Gasteiger charge is -2.01. The molecule has 1 aromatic heterocycles. The molecule has 0 bridgehead atoms. The minimum Gasteiger partial charge on any atom is -0.425 e. The first-order valence-corrected chi connectivity index (χ1v) is 5.49. The fraction of sp³-hybridized carbons (Fsp3) is 0. The van der Waals surface area contributed by atoms with E-state index in [4.69, 9.17) is 10.5 Å². The van der Waals surface area contributed by atoms with Gasteiger partial charge in [-0.15, -0.1) is 0 Å². The van der Waals surface area contributed by atoms with Gasteiger partial charge in [0.05, 0.1) is 11.0 Å². The highest BCUT2D eigenvalue weighted by Gasteiger charge is 2.07. The number of imidazole rings is 1. The van der Waals surface area contributed by atoms with Crippen molar-refractivity contribution < 1.29 is 13.5 Å². The van der Waals surface area contributed by atoms with Crippen molar-refractivity contribution in [2.75, 3.05) is 5.73 Å². The molecular formula is C13H9F2N3O. The number of nitrogen functional groups attached to an aromatic ring is 1. The molecule has 0 atom stereocenters. The summed E-state index contributed by atoms with van der Waals surface area (Å²) in [4.78, 5) is 7.00. The van der Waals surface area contributed by atoms with E-state index in [1.54, 1.807) is 18.2 Å². The molecule has 4 nitrogen and oxygen atoms in total. The topological polar surface area (TPSA) is 63.9 Å². The molecule has 0 spiro atoms. The van der Waals surface area contributed by atoms with Gasteiger partial charge in [0, 0.05) is 23.9 Å². The summed E-state index contributed by atoms with van der Waals surface area (Å²) in [5.41, 5.74) is 7.56. The van der Waals surface area contributed by atoms with Gasteiger partial charge in [-0.1, -0.05) is 0 Å². The van der Waals surface area contributed by atoms with E-state index in [0.717, 1.165) is 18.2 Å². The van der Waals surface area contributed by atoms with Crippen LogP contribution in [0.2, 0.25) is 0 Å². The molecule has 0 radical (unpaired) electrons. The Hall–Kier alpha value is -2.63. The minimum atomic E-state index is -0.713. The van der Waals surface area contributed by atoms with E-state index in [0.29, 0.717) is 16.7 Å². The van der Waals surface area contributed by atoms with E-state index < -0.39 is 11.6 Å². The number of aromatic amines is 1. The van der Waals surface area contributed by atoms with Gasteiger partial charge in [0.2, 0.25) is 0 Å². The number of nitrogens with two attached hydrogens (primary N) is 1. The van der Waals surface area contributed by atoms with Crippen molar-refractivity contribution >= 4 is 16.7 Å². The number of benzene rings is 2. The highest BCUT2D eigenvalue weighted by molar-refractivity contribution is 5.79. The second-order valence-electron chi connectivity index (χ2n) is 4.03. The molecular weight excluding hydrogens is 252 g/mol. The van der Waals surface area contributed by atoms with Crippen LogP contribution >= 0.6 is 0 Å². The van der Waals surface area contributed by atoms with Crippen LogP contribution in [0.5, 0.6) is 11.8 Å². The summed E-state index contributed by atoms with van der Waals surface area (Å²) in [6, 6.07) is 8.18. The zero-order chi connectivity index (χ0) is 13.4. The Labute approximate surface area is 106 Å². The summed E-state index contributed by atoms with van der Waals surface area (Å²) in [5, 5.41) is 0. The fourth-order valence-electron chi connectivity index (χ4n) is 1.75. The quantitative estimate of drug-likeness (QED) is 0.696. The van der Waals surface area contributed by atoms with Gasteiger partial charge in [-0.05, 0) is 18.2 Å². The molecule has 3 N–H and O–H groups in total. The lowest BCUT2D eigenvalue weighted by molar-refractivity contribution is 0.439. The number of fused-ring (bicyclic) bond motifs is 1. The van der Waals surface area contributed by atoms with Gasteiger partial charge in [-0.3, -0.25) is 0 Å². The highest BCUT2D eigenvalue weighted by Crippen LogP contribution is 2.24. The number of anilines is 1. The van der Waals surface area contributed by atoms with Gasteiger partial charge in [-0.2, -0.15) is 4.98 Å². The van der Waals surface area contributed by atoms with Gasteiger partial charge in [-0.25, -0.2) is 8.78 Å². The summed E-state index contributed by atoms with van der Waals surface area (Å²) in [7, 11) is 0. The normalized spacial score (nSPS) is 10.8. The van der Waals surface area contributed by atoms with Gasteiger partial charge < -0.3 is 15.5 Å². The highest BCUT2D eigenvalue weighted by atomic mass is 19.1. The molecule has 0 fully saturated rings. The van der Waals surface area contributed by atoms with Gasteiger partial charge >= 0.3 is 0 Å². The van der Waals surface area contributed by atoms with E-state index in [1.165, 1.54) is 0 Å². The maximum atomic E-state index is 13.0. The first-order chi connectivity index (χ1) is 9.10. The van der Waals surface area contributed by atoms with Crippen LogP contribution in [0.3, 0.4) is 0 Å². The smallest absolute Gasteiger partial charge is 0.300 e. The van der Waals surface area contributed by atoms with Gasteiger partial charge in [0.15, 0.2) is 0 Å². The summed E-state index contributed by atoms with van der Waals surface area (Å²) in [6.45, 7) is 0. The average Bonchev–Trinajstić information content (AvgIpc) is 2.68. The molecule has 0 amide bonds. The SMILES string of the molecule is Nc1ccc2nc(Oc3cc(F)cc(F)c3)[nH]c2c1. The molecule has 0 aliphatic rings. The Bertz CT molecular complexity index is 734. The maximum absolute atomic E-state index is 13.0. The number of halogens is 2. The number of nitrogens with zero attached hydrogens (tertiary/aromatic N) is 1. The van der Waals surface area contributed by atoms with Crippen LogP contribution in [0.25, 0.3) is 11.0 Å². The number of ether oxygens (including phenoxy) is 1. The standard InChI is InChI=1S/C13H9F2N3O/c14-7-3-8(15)5-10(4-7)19-13-17-11-2-1-9(16)6-12(11)18-13/h1-6H,16H2,(H,17,18). The number of H-pyrrole nitrogens is 1. The summed E-state index contributed by atoms with van der Waals surface area (Å²) < 4.78 is 31.3. The lowest BCUT2D eigenvalue weighted by Crippen LogP contribution is -1.88. The predicted octanol–water partition coefficient (Wildman–Crippen LogP) is 3.22. The average molecular weight is 261 g/mol. The Morgan fingerprint density at radius 2 is 1.79 bits per heavy atom. The third-order valence-corrected chi connectivity index (χ3v) is 2.53. The van der Waals surface area contributed by atoms with E-state index in [9.17, 15) is 8.78 Å². The second kappa shape index (κ2) is 4.24. The van der Waals surface area contributed by atoms with Crippen LogP contribution < -0.4 is 10.5 Å². The van der Waals surface area contributed by atoms with Crippen molar-refractivity contribution in [2.45, 2.75) is 0 Å². The maximum Gasteiger partial charge on any atom is 0.300 e. The fourth-order valence-corrected chi connectivity index (χ4v) is 1.75. The first kappa shape index (κ1) is 11.5. The molecule has 3 rings (SSSR count). The minimum absolute atomic E-state index is 0.0320. The van der Waals surface area contributed by atoms with Crippen LogP contribution in [0.1, 0.15) is 0 Å². The summed E-state index contributed by atoms with van der Waals surface area (Å²) in [5.74, 6) is -1.39. The monoisotopic (exact) mass is 261 g/mol. The lowest BCUT2D eigenvalue weighted by atomic mass is 10.3. The second-order valence-corrected chi connectivity index (χ2v) is 4.03. The number of hydrogen-bond acceptors (Lipinski definition) is 3. The van der Waals surface area contributed by atoms with Crippen molar-refractivity contribution in [1.29, 1.82) is 0 Å². The molecule has 0 aliphatic carbocycles. The van der Waals surface area contributed by atoms with Crippen molar-refractivity contribution in [3.8, 4) is 11.8 Å². The van der Waals surface area contributed by atoms with Crippen molar-refractivity contribution in [1.82, 2.24) is 9.97 Å². The molecule has 3 aromatic rings. The van der Waals surface area contributed by atoms with E-state index >= 15 is 0 Å². The Kier molecular flexibility index (Phi) is 2.56. The molecule has 96 valence electrons. The Morgan fingerprint density at radius 3 is 2.53 bits per heavy atom. The number of aromatic nitrogens is 2. The molecule has 2 aromatic carbocycles. The van der Waals surface area contributed by atoms with E-state index in [1.807, 2.05) is 0 Å². The molecule has 6 heteroatoms. The largest absolute Gasteiger partial charge is 0.425 e. The first-order valence-electron chi connectivity index (χ1n) is 5.49. The summed E-state index contributed by atoms with van der Waals surface area (Å²) in [6.07, 6.45) is 0. The zero-order valence-electron chi connectivity index (χ0n) is 9.65. The Morgan fingerprint density at radius 1 is 1.05 bits per heavy atom. The Balaban J connectivity index is 1.96. The molecule has 1 heterocycles. The van der Waals surface area contributed by atoms with Crippen LogP contribution in [0.4, 0.5) is 14.5 Å². The number of hydrogen-bond donors (Lipinski definition) is 2. The number of nitrogens with one attached hydrogen (secondary N) is 1.